The number of hydrogen-bond donors (Lipinski definition) is 1. The molecule has 3 rings (SSSR count). The Morgan fingerprint density at radius 2 is 2.19 bits per heavy atom. The van der Waals surface area contributed by atoms with Crippen LogP contribution in [0.1, 0.15) is 42.3 Å². The maximum absolute atomic E-state index is 12.2. The van der Waals surface area contributed by atoms with Gasteiger partial charge in [0, 0.05) is 29.1 Å². The largest absolute Gasteiger partial charge is 0.475 e. The van der Waals surface area contributed by atoms with Crippen LogP contribution in [0.15, 0.2) is 36.5 Å². The third-order valence-corrected chi connectivity index (χ3v) is 5.40. The van der Waals surface area contributed by atoms with Gasteiger partial charge in [0.25, 0.3) is 0 Å². The Balaban J connectivity index is 1.45. The molecule has 2 aromatic rings. The van der Waals surface area contributed by atoms with Crippen LogP contribution in [0.3, 0.4) is 0 Å². The van der Waals surface area contributed by atoms with Crippen LogP contribution in [-0.4, -0.2) is 23.7 Å². The zero-order valence-electron chi connectivity index (χ0n) is 14.1. The maximum Gasteiger partial charge on any atom is 0.422 e. The number of aromatic nitrogens is 1. The molecule has 26 heavy (non-hydrogen) atoms. The van der Waals surface area contributed by atoms with E-state index >= 15 is 0 Å². The van der Waals surface area contributed by atoms with Gasteiger partial charge in [-0.1, -0.05) is 6.07 Å². The molecule has 1 fully saturated rings. The quantitative estimate of drug-likeness (QED) is 0.767. The average molecular weight is 384 g/mol. The van der Waals surface area contributed by atoms with Gasteiger partial charge in [-0.25, -0.2) is 0 Å². The van der Waals surface area contributed by atoms with E-state index in [4.69, 9.17) is 4.74 Å². The van der Waals surface area contributed by atoms with E-state index < -0.39 is 12.8 Å². The molecule has 140 valence electrons. The molecule has 0 saturated heterocycles. The van der Waals surface area contributed by atoms with Crippen molar-refractivity contribution in [2.75, 3.05) is 6.61 Å². The van der Waals surface area contributed by atoms with E-state index in [0.717, 1.165) is 28.3 Å². The van der Waals surface area contributed by atoms with Gasteiger partial charge in [-0.15, -0.1) is 11.3 Å². The lowest BCUT2D eigenvalue weighted by Gasteiger charge is -2.12. The summed E-state index contributed by atoms with van der Waals surface area (Å²) in [6.07, 6.45) is -1.23. The Hall–Kier alpha value is -2.09. The van der Waals surface area contributed by atoms with Crippen molar-refractivity contribution in [3.8, 4) is 5.06 Å². The number of nitrogens with zero attached hydrogens (tertiary/aromatic N) is 1. The number of alkyl halides is 3. The van der Waals surface area contributed by atoms with Crippen molar-refractivity contribution in [2.45, 2.75) is 37.9 Å². The van der Waals surface area contributed by atoms with Gasteiger partial charge in [0.1, 0.15) is 0 Å². The summed E-state index contributed by atoms with van der Waals surface area (Å²) in [4.78, 5) is 17.3. The smallest absolute Gasteiger partial charge is 0.422 e. The van der Waals surface area contributed by atoms with E-state index in [0.29, 0.717) is 18.3 Å². The number of thiophene rings is 1. The van der Waals surface area contributed by atoms with Crippen LogP contribution < -0.4 is 10.1 Å². The molecule has 3 atom stereocenters. The van der Waals surface area contributed by atoms with Crippen LogP contribution in [0, 0.1) is 5.92 Å². The van der Waals surface area contributed by atoms with E-state index in [1.807, 2.05) is 18.2 Å². The second-order valence-corrected chi connectivity index (χ2v) is 7.49. The minimum absolute atomic E-state index is 0.0629. The standard InChI is InChI=1S/C18H19F3N2O2S/c1-11(15-5-6-17(26-15)25-10-18(19,20)21)23-16(24)9-12-8-13(12)14-4-2-3-7-22-14/h2-7,11-13H,8-10H2,1H3,(H,23,24)/t11-,12+,13-/m1/s1. The molecule has 1 saturated carbocycles. The number of hydrogen-bond acceptors (Lipinski definition) is 4. The first-order chi connectivity index (χ1) is 12.3. The zero-order valence-corrected chi connectivity index (χ0v) is 14.9. The summed E-state index contributed by atoms with van der Waals surface area (Å²) in [5.41, 5.74) is 1.02. The first kappa shape index (κ1) is 18.7. The molecule has 1 aliphatic carbocycles. The number of amides is 1. The number of halogens is 3. The molecule has 0 spiro atoms. The van der Waals surface area contributed by atoms with Crippen LogP contribution in [0.4, 0.5) is 13.2 Å². The number of nitrogens with one attached hydrogen (secondary N) is 1. The molecule has 1 aliphatic rings. The third-order valence-electron chi connectivity index (χ3n) is 4.22. The van der Waals surface area contributed by atoms with Crippen molar-refractivity contribution in [1.82, 2.24) is 10.3 Å². The first-order valence-electron chi connectivity index (χ1n) is 8.31. The number of carbonyl (C=O) groups excluding carboxylic acids is 1. The minimum atomic E-state index is -4.36. The van der Waals surface area contributed by atoms with E-state index in [1.165, 1.54) is 6.07 Å². The Morgan fingerprint density at radius 3 is 2.88 bits per heavy atom. The lowest BCUT2D eigenvalue weighted by Crippen LogP contribution is -2.26. The van der Waals surface area contributed by atoms with Gasteiger partial charge < -0.3 is 10.1 Å². The van der Waals surface area contributed by atoms with Crippen LogP contribution >= 0.6 is 11.3 Å². The number of carbonyl (C=O) groups is 1. The van der Waals surface area contributed by atoms with E-state index in [-0.39, 0.29) is 17.0 Å². The Bertz CT molecular complexity index is 748. The SMILES string of the molecule is C[C@@H](NC(=O)C[C@@H]1C[C@H]1c1ccccn1)c1ccc(OCC(F)(F)F)s1. The summed E-state index contributed by atoms with van der Waals surface area (Å²) < 4.78 is 41.3. The fourth-order valence-electron chi connectivity index (χ4n) is 2.84. The summed E-state index contributed by atoms with van der Waals surface area (Å²) >= 11 is 1.11. The van der Waals surface area contributed by atoms with Crippen molar-refractivity contribution in [2.24, 2.45) is 5.92 Å². The van der Waals surface area contributed by atoms with Crippen LogP contribution in [0.2, 0.25) is 0 Å². The second kappa shape index (κ2) is 7.65. The predicted molar refractivity (Wildman–Crippen MR) is 92.1 cm³/mol. The summed E-state index contributed by atoms with van der Waals surface area (Å²) in [5, 5.41) is 3.09. The van der Waals surface area contributed by atoms with Crippen molar-refractivity contribution in [3.05, 3.63) is 47.1 Å². The normalized spacial score (nSPS) is 20.5. The molecule has 0 radical (unpaired) electrons. The summed E-state index contributed by atoms with van der Waals surface area (Å²) in [6.45, 7) is 0.491. The zero-order chi connectivity index (χ0) is 18.7. The summed E-state index contributed by atoms with van der Waals surface area (Å²) in [5.74, 6) is 0.569. The highest BCUT2D eigenvalue weighted by atomic mass is 32.1. The molecule has 8 heteroatoms. The van der Waals surface area contributed by atoms with Gasteiger partial charge in [0.05, 0.1) is 6.04 Å². The molecule has 0 unspecified atom stereocenters. The Morgan fingerprint density at radius 1 is 1.38 bits per heavy atom. The van der Waals surface area contributed by atoms with Gasteiger partial charge in [0.2, 0.25) is 5.91 Å². The molecule has 2 aromatic heterocycles. The second-order valence-electron chi connectivity index (χ2n) is 6.41. The van der Waals surface area contributed by atoms with Gasteiger partial charge >= 0.3 is 6.18 Å². The fourth-order valence-corrected chi connectivity index (χ4v) is 3.70. The minimum Gasteiger partial charge on any atom is -0.475 e. The lowest BCUT2D eigenvalue weighted by atomic mass is 10.1. The van der Waals surface area contributed by atoms with Crippen LogP contribution in [0.25, 0.3) is 0 Å². The van der Waals surface area contributed by atoms with Gasteiger partial charge in [-0.3, -0.25) is 9.78 Å². The van der Waals surface area contributed by atoms with Crippen LogP contribution in [0.5, 0.6) is 5.06 Å². The molecule has 4 nitrogen and oxygen atoms in total. The van der Waals surface area contributed by atoms with E-state index in [1.54, 1.807) is 19.2 Å². The van der Waals surface area contributed by atoms with E-state index in [9.17, 15) is 18.0 Å². The molecule has 0 aromatic carbocycles. The van der Waals surface area contributed by atoms with Crippen molar-refractivity contribution in [3.63, 3.8) is 0 Å². The lowest BCUT2D eigenvalue weighted by molar-refractivity contribution is -0.152. The highest BCUT2D eigenvalue weighted by Crippen LogP contribution is 2.48. The van der Waals surface area contributed by atoms with E-state index in [2.05, 4.69) is 10.3 Å². The molecule has 1 amide bonds. The Kier molecular flexibility index (Phi) is 5.50. The maximum atomic E-state index is 12.2. The number of pyridine rings is 1. The third kappa shape index (κ3) is 5.20. The predicted octanol–water partition coefficient (Wildman–Crippen LogP) is 4.46. The topological polar surface area (TPSA) is 51.2 Å². The summed E-state index contributed by atoms with van der Waals surface area (Å²) in [6, 6.07) is 8.67. The molecule has 1 N–H and O–H groups in total. The van der Waals surface area contributed by atoms with Crippen LogP contribution in [-0.2, 0) is 4.79 Å². The van der Waals surface area contributed by atoms with Gasteiger partial charge in [-0.2, -0.15) is 13.2 Å². The molecular formula is C18H19F3N2O2S. The summed E-state index contributed by atoms with van der Waals surface area (Å²) in [7, 11) is 0. The van der Waals surface area contributed by atoms with Crippen molar-refractivity contribution < 1.29 is 22.7 Å². The molecule has 0 aliphatic heterocycles. The first-order valence-corrected chi connectivity index (χ1v) is 9.13. The monoisotopic (exact) mass is 384 g/mol. The number of ether oxygens (including phenoxy) is 1. The van der Waals surface area contributed by atoms with Gasteiger partial charge in [0.15, 0.2) is 11.7 Å². The van der Waals surface area contributed by atoms with Gasteiger partial charge in [-0.05, 0) is 43.5 Å². The Labute approximate surface area is 153 Å². The highest BCUT2D eigenvalue weighted by Gasteiger charge is 2.40. The fraction of sp³-hybridized carbons (Fsp3) is 0.444. The van der Waals surface area contributed by atoms with Crippen molar-refractivity contribution in [1.29, 1.82) is 0 Å². The number of rotatable bonds is 7. The van der Waals surface area contributed by atoms with Crippen molar-refractivity contribution >= 4 is 17.2 Å². The molecule has 0 bridgehead atoms. The molecular weight excluding hydrogens is 365 g/mol. The average Bonchev–Trinajstić information content (AvgIpc) is 3.17. The molecule has 2 heterocycles. The highest BCUT2D eigenvalue weighted by molar-refractivity contribution is 7.13.